The summed E-state index contributed by atoms with van der Waals surface area (Å²) in [5.74, 6) is 1.75. The first-order valence-corrected chi connectivity index (χ1v) is 13.1. The predicted octanol–water partition coefficient (Wildman–Crippen LogP) is 8.98. The molecule has 2 nitrogen and oxygen atoms in total. The molecule has 0 N–H and O–H groups in total. The summed E-state index contributed by atoms with van der Waals surface area (Å²) < 4.78 is 0. The van der Waals surface area contributed by atoms with E-state index in [0.717, 1.165) is 23.7 Å². The summed E-state index contributed by atoms with van der Waals surface area (Å²) in [5, 5.41) is 0. The second-order valence-electron chi connectivity index (χ2n) is 9.45. The monoisotopic (exact) mass is 422 g/mol. The van der Waals surface area contributed by atoms with Crippen LogP contribution in [0.1, 0.15) is 115 Å². The van der Waals surface area contributed by atoms with Gasteiger partial charge < -0.3 is 0 Å². The Labute approximate surface area is 192 Å². The third kappa shape index (κ3) is 10.9. The van der Waals surface area contributed by atoms with E-state index in [1.807, 2.05) is 12.4 Å². The number of rotatable bonds is 17. The average molecular weight is 423 g/mol. The van der Waals surface area contributed by atoms with E-state index in [9.17, 15) is 0 Å². The predicted molar refractivity (Wildman–Crippen MR) is 135 cm³/mol. The van der Waals surface area contributed by atoms with Gasteiger partial charge in [0, 0.05) is 18.0 Å². The van der Waals surface area contributed by atoms with Crippen molar-refractivity contribution in [3.8, 4) is 11.4 Å². The van der Waals surface area contributed by atoms with Crippen molar-refractivity contribution in [2.24, 2.45) is 5.92 Å². The van der Waals surface area contributed by atoms with Gasteiger partial charge in [-0.2, -0.15) is 0 Å². The molecule has 0 bridgehead atoms. The third-order valence-electron chi connectivity index (χ3n) is 6.60. The molecule has 0 radical (unpaired) electrons. The van der Waals surface area contributed by atoms with Crippen molar-refractivity contribution >= 4 is 0 Å². The molecule has 31 heavy (non-hydrogen) atoms. The number of benzene rings is 1. The average Bonchev–Trinajstić information content (AvgIpc) is 2.81. The van der Waals surface area contributed by atoms with Crippen LogP contribution in [-0.2, 0) is 12.8 Å². The first-order chi connectivity index (χ1) is 15.2. The molecule has 0 aliphatic rings. The van der Waals surface area contributed by atoms with Crippen LogP contribution < -0.4 is 0 Å². The fraction of sp³-hybridized carbons (Fsp3) is 0.655. The molecule has 2 aromatic rings. The number of hydrogen-bond donors (Lipinski definition) is 0. The molecule has 0 aliphatic heterocycles. The molecule has 2 rings (SSSR count). The minimum atomic E-state index is 0.847. The standard InChI is InChI=1S/C29H46N2/c1-4-6-7-10-14-17-26-19-21-28(22-20-26)29-30-23-27(24-31-29)18-15-12-9-8-11-13-16-25(3)5-2/h19-25H,4-18H2,1-3H3. The molecule has 0 amide bonds. The van der Waals surface area contributed by atoms with Crippen molar-refractivity contribution in [3.63, 3.8) is 0 Å². The zero-order valence-electron chi connectivity index (χ0n) is 20.5. The number of aryl methyl sites for hydroxylation is 2. The molecular weight excluding hydrogens is 376 g/mol. The van der Waals surface area contributed by atoms with E-state index in [1.165, 1.54) is 101 Å². The topological polar surface area (TPSA) is 25.8 Å². The van der Waals surface area contributed by atoms with Crippen molar-refractivity contribution in [2.45, 2.75) is 117 Å². The molecular formula is C29H46N2. The van der Waals surface area contributed by atoms with Crippen molar-refractivity contribution in [2.75, 3.05) is 0 Å². The highest BCUT2D eigenvalue weighted by Crippen LogP contribution is 2.18. The molecule has 1 aromatic heterocycles. The zero-order valence-corrected chi connectivity index (χ0v) is 20.5. The van der Waals surface area contributed by atoms with E-state index in [0.29, 0.717) is 0 Å². The van der Waals surface area contributed by atoms with Gasteiger partial charge in [-0.25, -0.2) is 9.97 Å². The van der Waals surface area contributed by atoms with Gasteiger partial charge >= 0.3 is 0 Å². The van der Waals surface area contributed by atoms with Crippen LogP contribution in [0, 0.1) is 5.92 Å². The maximum atomic E-state index is 4.63. The van der Waals surface area contributed by atoms with Crippen LogP contribution in [0.3, 0.4) is 0 Å². The lowest BCUT2D eigenvalue weighted by Gasteiger charge is -2.07. The number of hydrogen-bond acceptors (Lipinski definition) is 2. The highest BCUT2D eigenvalue weighted by molar-refractivity contribution is 5.55. The molecule has 1 aromatic carbocycles. The molecule has 1 atom stereocenters. The lowest BCUT2D eigenvalue weighted by molar-refractivity contribution is 0.471. The Morgan fingerprint density at radius 1 is 0.645 bits per heavy atom. The Hall–Kier alpha value is -1.70. The molecule has 0 saturated carbocycles. The SMILES string of the molecule is CCCCCCCc1ccc(-c2ncc(CCCCCCCCC(C)CC)cn2)cc1. The van der Waals surface area contributed by atoms with Crippen LogP contribution in [0.15, 0.2) is 36.7 Å². The van der Waals surface area contributed by atoms with Gasteiger partial charge in [-0.05, 0) is 42.7 Å². The van der Waals surface area contributed by atoms with Gasteiger partial charge in [0.25, 0.3) is 0 Å². The lowest BCUT2D eigenvalue weighted by atomic mass is 9.99. The van der Waals surface area contributed by atoms with Gasteiger partial charge in [0.15, 0.2) is 5.82 Å². The van der Waals surface area contributed by atoms with E-state index < -0.39 is 0 Å². The van der Waals surface area contributed by atoms with Gasteiger partial charge in [0.1, 0.15) is 0 Å². The Morgan fingerprint density at radius 2 is 1.19 bits per heavy atom. The number of unbranched alkanes of at least 4 members (excludes halogenated alkanes) is 9. The van der Waals surface area contributed by atoms with Crippen molar-refractivity contribution in [3.05, 3.63) is 47.8 Å². The Balaban J connectivity index is 1.62. The molecule has 0 spiro atoms. The van der Waals surface area contributed by atoms with Gasteiger partial charge in [-0.1, -0.05) is 116 Å². The summed E-state index contributed by atoms with van der Waals surface area (Å²) in [4.78, 5) is 9.25. The van der Waals surface area contributed by atoms with Gasteiger partial charge in [0.05, 0.1) is 0 Å². The minimum Gasteiger partial charge on any atom is -0.236 e. The first kappa shape index (κ1) is 25.6. The van der Waals surface area contributed by atoms with Crippen LogP contribution in [0.5, 0.6) is 0 Å². The Morgan fingerprint density at radius 3 is 1.81 bits per heavy atom. The lowest BCUT2D eigenvalue weighted by Crippen LogP contribution is -1.94. The summed E-state index contributed by atoms with van der Waals surface area (Å²) in [6.07, 6.45) is 23.9. The van der Waals surface area contributed by atoms with Gasteiger partial charge in [0.2, 0.25) is 0 Å². The van der Waals surface area contributed by atoms with Crippen LogP contribution in [0.4, 0.5) is 0 Å². The summed E-state index contributed by atoms with van der Waals surface area (Å²) in [7, 11) is 0. The van der Waals surface area contributed by atoms with Gasteiger partial charge in [-0.15, -0.1) is 0 Å². The third-order valence-corrected chi connectivity index (χ3v) is 6.60. The molecule has 0 fully saturated rings. The van der Waals surface area contributed by atoms with E-state index in [1.54, 1.807) is 0 Å². The fourth-order valence-electron chi connectivity index (χ4n) is 4.12. The van der Waals surface area contributed by atoms with E-state index in [4.69, 9.17) is 0 Å². The van der Waals surface area contributed by atoms with Crippen molar-refractivity contribution in [1.29, 1.82) is 0 Å². The summed E-state index contributed by atoms with van der Waals surface area (Å²) in [6, 6.07) is 8.85. The fourth-order valence-corrected chi connectivity index (χ4v) is 4.12. The normalized spacial score (nSPS) is 12.2. The van der Waals surface area contributed by atoms with Gasteiger partial charge in [-0.3, -0.25) is 0 Å². The number of aromatic nitrogens is 2. The maximum Gasteiger partial charge on any atom is 0.159 e. The van der Waals surface area contributed by atoms with Crippen molar-refractivity contribution < 1.29 is 0 Å². The smallest absolute Gasteiger partial charge is 0.159 e. The summed E-state index contributed by atoms with van der Waals surface area (Å²) >= 11 is 0. The highest BCUT2D eigenvalue weighted by atomic mass is 14.9. The van der Waals surface area contributed by atoms with E-state index in [-0.39, 0.29) is 0 Å². The second kappa shape index (κ2) is 16.0. The molecule has 172 valence electrons. The molecule has 2 heteroatoms. The molecule has 1 unspecified atom stereocenters. The first-order valence-electron chi connectivity index (χ1n) is 13.1. The summed E-state index contributed by atoms with van der Waals surface area (Å²) in [6.45, 7) is 6.94. The van der Waals surface area contributed by atoms with E-state index >= 15 is 0 Å². The van der Waals surface area contributed by atoms with Crippen LogP contribution in [0.25, 0.3) is 11.4 Å². The van der Waals surface area contributed by atoms with E-state index in [2.05, 4.69) is 55.0 Å². The molecule has 0 saturated heterocycles. The molecule has 0 aliphatic carbocycles. The molecule has 1 heterocycles. The summed E-state index contributed by atoms with van der Waals surface area (Å²) in [5.41, 5.74) is 3.82. The van der Waals surface area contributed by atoms with Crippen LogP contribution >= 0.6 is 0 Å². The largest absolute Gasteiger partial charge is 0.236 e. The number of nitrogens with zero attached hydrogens (tertiary/aromatic N) is 2. The quantitative estimate of drug-likeness (QED) is 0.238. The Kier molecular flexibility index (Phi) is 13.2. The zero-order chi connectivity index (χ0) is 22.2. The second-order valence-corrected chi connectivity index (χ2v) is 9.45. The van der Waals surface area contributed by atoms with Crippen LogP contribution in [-0.4, -0.2) is 9.97 Å². The van der Waals surface area contributed by atoms with Crippen LogP contribution in [0.2, 0.25) is 0 Å². The highest BCUT2D eigenvalue weighted by Gasteiger charge is 2.03. The van der Waals surface area contributed by atoms with Crippen molar-refractivity contribution in [1.82, 2.24) is 9.97 Å². The minimum absolute atomic E-state index is 0.847. The Bertz CT molecular complexity index is 675. The maximum absolute atomic E-state index is 4.63.